The zero-order valence-electron chi connectivity index (χ0n) is 10.2. The molecule has 0 aliphatic carbocycles. The zero-order valence-corrected chi connectivity index (χ0v) is 10.2. The second-order valence-corrected chi connectivity index (χ2v) is 3.60. The van der Waals surface area contributed by atoms with Crippen LogP contribution < -0.4 is 10.6 Å². The number of hydrogen-bond acceptors (Lipinski definition) is 3. The lowest BCUT2D eigenvalue weighted by Crippen LogP contribution is -2.28. The number of ether oxygens (including phenoxy) is 1. The Labute approximate surface area is 100 Å². The Kier molecular flexibility index (Phi) is 5.15. The molecule has 0 aliphatic rings. The summed E-state index contributed by atoms with van der Waals surface area (Å²) in [5, 5.41) is 0. The van der Waals surface area contributed by atoms with Crippen LogP contribution in [0.5, 0.6) is 0 Å². The molecular weight excluding hydrogens is 226 g/mol. The van der Waals surface area contributed by atoms with Crippen LogP contribution in [-0.4, -0.2) is 26.3 Å². The number of hydrogen-bond donors (Lipinski definition) is 1. The van der Waals surface area contributed by atoms with Crippen LogP contribution in [0.1, 0.15) is 13.8 Å². The molecular formula is C12H18F2N2O. The minimum atomic E-state index is -0.727. The second kappa shape index (κ2) is 6.39. The van der Waals surface area contributed by atoms with Gasteiger partial charge in [0.2, 0.25) is 0 Å². The minimum Gasteiger partial charge on any atom is -0.395 e. The molecule has 17 heavy (non-hydrogen) atoms. The Hall–Kier alpha value is -1.36. The number of anilines is 2. The third-order valence-electron chi connectivity index (χ3n) is 2.50. The summed E-state index contributed by atoms with van der Waals surface area (Å²) in [5.74, 6) is -1.35. The molecule has 0 aromatic heterocycles. The highest BCUT2D eigenvalue weighted by Gasteiger charge is 2.13. The minimum absolute atomic E-state index is 0.0234. The van der Waals surface area contributed by atoms with Crippen LogP contribution in [-0.2, 0) is 4.74 Å². The summed E-state index contributed by atoms with van der Waals surface area (Å²) in [6, 6.07) is 2.03. The van der Waals surface area contributed by atoms with Gasteiger partial charge in [0.05, 0.1) is 18.0 Å². The lowest BCUT2D eigenvalue weighted by Gasteiger charge is -2.24. The predicted molar refractivity (Wildman–Crippen MR) is 65.2 cm³/mol. The van der Waals surface area contributed by atoms with Gasteiger partial charge >= 0.3 is 0 Å². The van der Waals surface area contributed by atoms with Gasteiger partial charge in [-0.3, -0.25) is 0 Å². The first kappa shape index (κ1) is 13.7. The first-order valence-corrected chi connectivity index (χ1v) is 5.67. The summed E-state index contributed by atoms with van der Waals surface area (Å²) in [6.45, 7) is 6.07. The molecule has 0 radical (unpaired) electrons. The highest BCUT2D eigenvalue weighted by atomic mass is 19.1. The van der Waals surface area contributed by atoms with Gasteiger partial charge in [0.1, 0.15) is 5.82 Å². The maximum atomic E-state index is 13.3. The number of nitrogens with two attached hydrogens (primary N) is 1. The lowest BCUT2D eigenvalue weighted by atomic mass is 10.2. The van der Waals surface area contributed by atoms with Gasteiger partial charge in [0, 0.05) is 25.8 Å². The highest BCUT2D eigenvalue weighted by molar-refractivity contribution is 5.68. The fourth-order valence-electron chi connectivity index (χ4n) is 1.60. The maximum absolute atomic E-state index is 13.3. The summed E-state index contributed by atoms with van der Waals surface area (Å²) < 4.78 is 31.7. The lowest BCUT2D eigenvalue weighted by molar-refractivity contribution is 0.154. The van der Waals surface area contributed by atoms with Crippen LogP contribution >= 0.6 is 0 Å². The van der Waals surface area contributed by atoms with E-state index >= 15 is 0 Å². The molecule has 0 heterocycles. The van der Waals surface area contributed by atoms with E-state index in [0.29, 0.717) is 32.0 Å². The molecule has 5 heteroatoms. The Morgan fingerprint density at radius 2 is 2.00 bits per heavy atom. The first-order chi connectivity index (χ1) is 8.10. The number of benzene rings is 1. The number of nitrogens with zero attached hydrogens (tertiary/aromatic N) is 1. The predicted octanol–water partition coefficient (Wildman–Crippen LogP) is 2.41. The highest BCUT2D eigenvalue weighted by Crippen LogP contribution is 2.27. The molecule has 0 bridgehead atoms. The molecule has 0 spiro atoms. The molecule has 0 saturated heterocycles. The average Bonchev–Trinajstić information content (AvgIpc) is 2.30. The van der Waals surface area contributed by atoms with E-state index < -0.39 is 11.6 Å². The topological polar surface area (TPSA) is 38.5 Å². The van der Waals surface area contributed by atoms with Gasteiger partial charge in [-0.1, -0.05) is 0 Å². The molecule has 0 unspecified atom stereocenters. The van der Waals surface area contributed by atoms with Crippen molar-refractivity contribution < 1.29 is 13.5 Å². The largest absolute Gasteiger partial charge is 0.395 e. The maximum Gasteiger partial charge on any atom is 0.151 e. The van der Waals surface area contributed by atoms with Crippen LogP contribution in [0.3, 0.4) is 0 Å². The van der Waals surface area contributed by atoms with E-state index in [9.17, 15) is 8.78 Å². The van der Waals surface area contributed by atoms with E-state index in [1.807, 2.05) is 13.8 Å². The van der Waals surface area contributed by atoms with Crippen molar-refractivity contribution in [3.63, 3.8) is 0 Å². The Bertz CT molecular complexity index is 372. The summed E-state index contributed by atoms with van der Waals surface area (Å²) in [7, 11) is 0. The van der Waals surface area contributed by atoms with E-state index in [-0.39, 0.29) is 5.69 Å². The van der Waals surface area contributed by atoms with Gasteiger partial charge in [-0.15, -0.1) is 0 Å². The van der Waals surface area contributed by atoms with Gasteiger partial charge in [-0.2, -0.15) is 0 Å². The smallest absolute Gasteiger partial charge is 0.151 e. The summed E-state index contributed by atoms with van der Waals surface area (Å²) in [5.41, 5.74) is 5.96. The molecule has 0 saturated carbocycles. The van der Waals surface area contributed by atoms with E-state index in [2.05, 4.69) is 0 Å². The van der Waals surface area contributed by atoms with Crippen LogP contribution in [0.2, 0.25) is 0 Å². The molecule has 0 aliphatic heterocycles. The molecule has 1 aromatic carbocycles. The van der Waals surface area contributed by atoms with Crippen molar-refractivity contribution in [3.05, 3.63) is 23.8 Å². The van der Waals surface area contributed by atoms with Crippen molar-refractivity contribution in [2.24, 2.45) is 0 Å². The Balaban J connectivity index is 2.87. The summed E-state index contributed by atoms with van der Waals surface area (Å²) in [6.07, 6.45) is 0. The number of likely N-dealkylation sites (N-methyl/N-ethyl adjacent to an activating group) is 1. The molecule has 3 nitrogen and oxygen atoms in total. The summed E-state index contributed by atoms with van der Waals surface area (Å²) in [4.78, 5) is 1.79. The number of rotatable bonds is 6. The van der Waals surface area contributed by atoms with Gasteiger partial charge in [-0.25, -0.2) is 8.78 Å². The average molecular weight is 244 g/mol. The Morgan fingerprint density at radius 3 is 2.59 bits per heavy atom. The van der Waals surface area contributed by atoms with E-state index in [0.717, 1.165) is 6.07 Å². The number of nitrogen functional groups attached to an aromatic ring is 1. The van der Waals surface area contributed by atoms with Crippen molar-refractivity contribution in [1.29, 1.82) is 0 Å². The van der Waals surface area contributed by atoms with Crippen LogP contribution in [0.25, 0.3) is 0 Å². The van der Waals surface area contributed by atoms with E-state index in [1.165, 1.54) is 6.07 Å². The monoisotopic (exact) mass is 244 g/mol. The van der Waals surface area contributed by atoms with E-state index in [4.69, 9.17) is 10.5 Å². The first-order valence-electron chi connectivity index (χ1n) is 5.67. The van der Waals surface area contributed by atoms with Crippen molar-refractivity contribution >= 4 is 11.4 Å². The third kappa shape index (κ3) is 3.56. The molecule has 2 N–H and O–H groups in total. The standard InChI is InChI=1S/C12H18F2N2O/c1-3-16(5-6-17-4-2)11-8-9(13)7-10(14)12(11)15/h7-8H,3-6,15H2,1-2H3. The molecule has 96 valence electrons. The van der Waals surface area contributed by atoms with Gasteiger partial charge in [0.15, 0.2) is 5.82 Å². The van der Waals surface area contributed by atoms with Crippen molar-refractivity contribution in [2.45, 2.75) is 13.8 Å². The normalized spacial score (nSPS) is 10.6. The van der Waals surface area contributed by atoms with Crippen LogP contribution in [0.15, 0.2) is 12.1 Å². The molecule has 0 fully saturated rings. The molecule has 0 atom stereocenters. The number of halogens is 2. The third-order valence-corrected chi connectivity index (χ3v) is 2.50. The van der Waals surface area contributed by atoms with E-state index in [1.54, 1.807) is 4.90 Å². The molecule has 1 aromatic rings. The SMILES string of the molecule is CCOCCN(CC)c1cc(F)cc(F)c1N. The van der Waals surface area contributed by atoms with Crippen LogP contribution in [0.4, 0.5) is 20.2 Å². The Morgan fingerprint density at radius 1 is 1.29 bits per heavy atom. The van der Waals surface area contributed by atoms with Gasteiger partial charge < -0.3 is 15.4 Å². The van der Waals surface area contributed by atoms with Crippen molar-refractivity contribution in [2.75, 3.05) is 36.9 Å². The molecule has 1 rings (SSSR count). The zero-order chi connectivity index (χ0) is 12.8. The van der Waals surface area contributed by atoms with Crippen molar-refractivity contribution in [3.8, 4) is 0 Å². The van der Waals surface area contributed by atoms with Gasteiger partial charge in [0.25, 0.3) is 0 Å². The fourth-order valence-corrected chi connectivity index (χ4v) is 1.60. The second-order valence-electron chi connectivity index (χ2n) is 3.60. The van der Waals surface area contributed by atoms with Crippen LogP contribution in [0, 0.1) is 11.6 Å². The van der Waals surface area contributed by atoms with Gasteiger partial charge in [-0.05, 0) is 19.9 Å². The molecule has 0 amide bonds. The fraction of sp³-hybridized carbons (Fsp3) is 0.500. The summed E-state index contributed by atoms with van der Waals surface area (Å²) >= 11 is 0. The quantitative estimate of drug-likeness (QED) is 0.617. The van der Waals surface area contributed by atoms with Crippen molar-refractivity contribution in [1.82, 2.24) is 0 Å².